The van der Waals surface area contributed by atoms with Crippen LogP contribution in [0.1, 0.15) is 26.1 Å². The zero-order valence-corrected chi connectivity index (χ0v) is 12.2. The number of rotatable bonds is 9. The molecular weight excluding hydrogens is 274 g/mol. The second-order valence-electron chi connectivity index (χ2n) is 4.17. The van der Waals surface area contributed by atoms with Gasteiger partial charge < -0.3 is 19.9 Å². The molecule has 2 N–H and O–H groups in total. The van der Waals surface area contributed by atoms with Crippen molar-refractivity contribution in [2.45, 2.75) is 26.7 Å². The number of ether oxygens (including phenoxy) is 1. The minimum Gasteiger partial charge on any atom is -0.463 e. The first-order valence-electron chi connectivity index (χ1n) is 6.93. The number of nitrogens with one attached hydrogen (secondary N) is 2. The molecule has 9 nitrogen and oxygen atoms in total. The van der Waals surface area contributed by atoms with Gasteiger partial charge in [-0.3, -0.25) is 0 Å². The Morgan fingerprint density at radius 3 is 2.62 bits per heavy atom. The number of hydrogen-bond donors (Lipinski definition) is 2. The summed E-state index contributed by atoms with van der Waals surface area (Å²) in [4.78, 5) is 16.6. The van der Waals surface area contributed by atoms with Gasteiger partial charge in [0, 0.05) is 19.5 Å². The summed E-state index contributed by atoms with van der Waals surface area (Å²) in [5.74, 6) is 1.57. The van der Waals surface area contributed by atoms with E-state index in [4.69, 9.17) is 4.74 Å². The van der Waals surface area contributed by atoms with Crippen LogP contribution in [-0.2, 0) is 6.42 Å². The maximum Gasteiger partial charge on any atom is 0.323 e. The van der Waals surface area contributed by atoms with Crippen LogP contribution in [0, 0.1) is 0 Å². The molecule has 0 amide bonds. The van der Waals surface area contributed by atoms with Gasteiger partial charge in [-0.25, -0.2) is 0 Å². The Labute approximate surface area is 122 Å². The molecule has 0 unspecified atom stereocenters. The molecule has 2 aromatic rings. The Morgan fingerprint density at radius 1 is 1.14 bits per heavy atom. The quantitative estimate of drug-likeness (QED) is 0.702. The normalized spacial score (nSPS) is 10.4. The fourth-order valence-corrected chi connectivity index (χ4v) is 1.52. The molecule has 0 fully saturated rings. The predicted molar refractivity (Wildman–Crippen MR) is 76.3 cm³/mol. The van der Waals surface area contributed by atoms with Crippen LogP contribution >= 0.6 is 0 Å². The molecule has 0 atom stereocenters. The summed E-state index contributed by atoms with van der Waals surface area (Å²) in [6.07, 6.45) is 2.81. The zero-order chi connectivity index (χ0) is 14.9. The highest BCUT2D eigenvalue weighted by Gasteiger charge is 2.07. The molecule has 0 aliphatic rings. The maximum absolute atomic E-state index is 5.45. The van der Waals surface area contributed by atoms with Crippen molar-refractivity contribution in [2.24, 2.45) is 0 Å². The molecule has 0 aromatic carbocycles. The number of nitrogens with zero attached hydrogens (tertiary/aromatic N) is 5. The maximum atomic E-state index is 5.45. The van der Waals surface area contributed by atoms with Crippen molar-refractivity contribution in [1.29, 1.82) is 0 Å². The van der Waals surface area contributed by atoms with E-state index in [1.54, 1.807) is 0 Å². The summed E-state index contributed by atoms with van der Waals surface area (Å²) in [6, 6.07) is 0.310. The van der Waals surface area contributed by atoms with Crippen LogP contribution in [0.4, 0.5) is 11.9 Å². The largest absolute Gasteiger partial charge is 0.463 e. The Morgan fingerprint density at radius 2 is 1.95 bits per heavy atom. The first kappa shape index (κ1) is 14.9. The third kappa shape index (κ3) is 4.86. The monoisotopic (exact) mass is 293 g/mol. The van der Waals surface area contributed by atoms with Crippen molar-refractivity contribution in [3.05, 3.63) is 12.2 Å². The lowest BCUT2D eigenvalue weighted by Crippen LogP contribution is -2.13. The van der Waals surface area contributed by atoms with E-state index in [-0.39, 0.29) is 0 Å². The molecule has 0 spiro atoms. The third-order valence-electron chi connectivity index (χ3n) is 2.42. The van der Waals surface area contributed by atoms with E-state index >= 15 is 0 Å². The molecule has 0 aliphatic heterocycles. The summed E-state index contributed by atoms with van der Waals surface area (Å²) in [5.41, 5.74) is 0. The number of hydrogen-bond acceptors (Lipinski definition) is 9. The Bertz CT molecular complexity index is 532. The average molecular weight is 293 g/mol. The molecular formula is C12H19N7O2. The van der Waals surface area contributed by atoms with E-state index in [0.29, 0.717) is 43.3 Å². The standard InChI is InChI=1S/C12H19N7O2/c1-3-7-20-12-17-10(13-4-2)16-11(18-12)14-6-5-9-15-8-21-19-9/h8H,3-7H2,1-2H3,(H2,13,14,16,17,18). The first-order valence-corrected chi connectivity index (χ1v) is 6.93. The lowest BCUT2D eigenvalue weighted by Gasteiger charge is -2.09. The predicted octanol–water partition coefficient (Wildman–Crippen LogP) is 1.13. The SMILES string of the molecule is CCCOc1nc(NCC)nc(NCCc2ncon2)n1. The van der Waals surface area contributed by atoms with E-state index < -0.39 is 0 Å². The van der Waals surface area contributed by atoms with Crippen molar-refractivity contribution >= 4 is 11.9 Å². The molecule has 2 rings (SSSR count). The highest BCUT2D eigenvalue weighted by Crippen LogP contribution is 2.11. The van der Waals surface area contributed by atoms with Gasteiger partial charge in [-0.2, -0.15) is 19.9 Å². The summed E-state index contributed by atoms with van der Waals surface area (Å²) in [7, 11) is 0. The minimum atomic E-state index is 0.310. The van der Waals surface area contributed by atoms with Crippen molar-refractivity contribution in [2.75, 3.05) is 30.3 Å². The molecule has 21 heavy (non-hydrogen) atoms. The molecule has 0 aliphatic carbocycles. The van der Waals surface area contributed by atoms with Crippen molar-refractivity contribution in [3.8, 4) is 6.01 Å². The van der Waals surface area contributed by atoms with Gasteiger partial charge in [-0.1, -0.05) is 12.1 Å². The minimum absolute atomic E-state index is 0.310. The van der Waals surface area contributed by atoms with Gasteiger partial charge in [-0.15, -0.1) is 0 Å². The van der Waals surface area contributed by atoms with Gasteiger partial charge >= 0.3 is 6.01 Å². The topological polar surface area (TPSA) is 111 Å². The Balaban J connectivity index is 1.97. The van der Waals surface area contributed by atoms with Gasteiger partial charge in [0.25, 0.3) is 0 Å². The lowest BCUT2D eigenvalue weighted by atomic mass is 10.4. The third-order valence-corrected chi connectivity index (χ3v) is 2.42. The van der Waals surface area contributed by atoms with Crippen molar-refractivity contribution in [1.82, 2.24) is 25.1 Å². The summed E-state index contributed by atoms with van der Waals surface area (Å²) in [6.45, 7) is 5.87. The van der Waals surface area contributed by atoms with Gasteiger partial charge in [-0.05, 0) is 13.3 Å². The van der Waals surface area contributed by atoms with Gasteiger partial charge in [0.15, 0.2) is 5.82 Å². The van der Waals surface area contributed by atoms with E-state index in [0.717, 1.165) is 13.0 Å². The molecule has 0 bridgehead atoms. The Kier molecular flexibility index (Phi) is 5.68. The van der Waals surface area contributed by atoms with E-state index in [1.165, 1.54) is 6.39 Å². The number of anilines is 2. The van der Waals surface area contributed by atoms with E-state index in [9.17, 15) is 0 Å². The van der Waals surface area contributed by atoms with Gasteiger partial charge in [0.05, 0.1) is 6.61 Å². The Hall–Kier alpha value is -2.45. The zero-order valence-electron chi connectivity index (χ0n) is 12.2. The van der Waals surface area contributed by atoms with E-state index in [1.807, 2.05) is 13.8 Å². The molecule has 0 saturated heterocycles. The number of aromatic nitrogens is 5. The van der Waals surface area contributed by atoms with E-state index in [2.05, 4.69) is 40.2 Å². The second-order valence-corrected chi connectivity index (χ2v) is 4.17. The van der Waals surface area contributed by atoms with Crippen LogP contribution in [0.2, 0.25) is 0 Å². The van der Waals surface area contributed by atoms with Crippen LogP contribution in [0.3, 0.4) is 0 Å². The van der Waals surface area contributed by atoms with Crippen molar-refractivity contribution < 1.29 is 9.26 Å². The fraction of sp³-hybridized carbons (Fsp3) is 0.583. The lowest BCUT2D eigenvalue weighted by molar-refractivity contribution is 0.292. The summed E-state index contributed by atoms with van der Waals surface area (Å²) < 4.78 is 10.1. The van der Waals surface area contributed by atoms with Crippen LogP contribution in [-0.4, -0.2) is 44.8 Å². The fourth-order valence-electron chi connectivity index (χ4n) is 1.52. The van der Waals surface area contributed by atoms with Crippen LogP contribution in [0.5, 0.6) is 6.01 Å². The van der Waals surface area contributed by atoms with Crippen molar-refractivity contribution in [3.63, 3.8) is 0 Å². The molecule has 114 valence electrons. The van der Waals surface area contributed by atoms with Crippen LogP contribution in [0.25, 0.3) is 0 Å². The van der Waals surface area contributed by atoms with Crippen LogP contribution in [0.15, 0.2) is 10.9 Å². The highest BCUT2D eigenvalue weighted by molar-refractivity contribution is 5.35. The highest BCUT2D eigenvalue weighted by atomic mass is 16.5. The molecule has 0 saturated carbocycles. The summed E-state index contributed by atoms with van der Waals surface area (Å²) >= 11 is 0. The second kappa shape index (κ2) is 7.98. The smallest absolute Gasteiger partial charge is 0.323 e. The van der Waals surface area contributed by atoms with Gasteiger partial charge in [0.1, 0.15) is 0 Å². The molecule has 0 radical (unpaired) electrons. The summed E-state index contributed by atoms with van der Waals surface area (Å²) in [5, 5.41) is 9.88. The molecule has 2 heterocycles. The van der Waals surface area contributed by atoms with Gasteiger partial charge in [0.2, 0.25) is 18.3 Å². The first-order chi connectivity index (χ1) is 10.3. The molecule has 2 aromatic heterocycles. The molecule has 9 heteroatoms. The average Bonchev–Trinajstić information content (AvgIpc) is 2.99. The van der Waals surface area contributed by atoms with Crippen LogP contribution < -0.4 is 15.4 Å².